The number of likely N-dealkylation sites (tertiary alicyclic amines) is 1. The Kier molecular flexibility index (Phi) is 5.96. The summed E-state index contributed by atoms with van der Waals surface area (Å²) in [7, 11) is 0. The Morgan fingerprint density at radius 3 is 2.56 bits per heavy atom. The summed E-state index contributed by atoms with van der Waals surface area (Å²) in [6, 6.07) is 14.0. The molecule has 1 heterocycles. The van der Waals surface area contributed by atoms with Gasteiger partial charge in [-0.1, -0.05) is 29.8 Å². The summed E-state index contributed by atoms with van der Waals surface area (Å²) < 4.78 is 5.38. The van der Waals surface area contributed by atoms with Crippen molar-refractivity contribution in [3.05, 3.63) is 65.2 Å². The number of phenols is 1. The van der Waals surface area contributed by atoms with E-state index >= 15 is 0 Å². The van der Waals surface area contributed by atoms with Crippen LogP contribution < -0.4 is 5.32 Å². The number of carbonyl (C=O) groups is 2. The minimum Gasteiger partial charge on any atom is -0.508 e. The number of benzene rings is 2. The lowest BCUT2D eigenvalue weighted by atomic mass is 10.1. The van der Waals surface area contributed by atoms with Gasteiger partial charge in [-0.15, -0.1) is 0 Å². The number of hydrogen-bond donors (Lipinski definition) is 2. The van der Waals surface area contributed by atoms with Crippen LogP contribution in [0, 0.1) is 12.8 Å². The van der Waals surface area contributed by atoms with Gasteiger partial charge >= 0.3 is 6.09 Å². The summed E-state index contributed by atoms with van der Waals surface area (Å²) in [5, 5.41) is 12.2. The fraction of sp³-hybridized carbons (Fsp3) is 0.333. The predicted molar refractivity (Wildman–Crippen MR) is 101 cm³/mol. The predicted octanol–water partition coefficient (Wildman–Crippen LogP) is 3.09. The molecule has 0 saturated carbocycles. The molecule has 1 fully saturated rings. The van der Waals surface area contributed by atoms with Crippen LogP contribution in [0.25, 0.3) is 0 Å². The zero-order valence-corrected chi connectivity index (χ0v) is 15.4. The minimum atomic E-state index is -0.317. The molecule has 1 aliphatic heterocycles. The number of phenolic OH excluding ortho intramolecular Hbond substituents is 1. The fourth-order valence-electron chi connectivity index (χ4n) is 3.04. The molecule has 0 bridgehead atoms. The zero-order chi connectivity index (χ0) is 19.2. The highest BCUT2D eigenvalue weighted by atomic mass is 16.6. The molecule has 1 saturated heterocycles. The van der Waals surface area contributed by atoms with Crippen molar-refractivity contribution >= 4 is 12.0 Å². The summed E-state index contributed by atoms with van der Waals surface area (Å²) >= 11 is 0. The Morgan fingerprint density at radius 1 is 1.15 bits per heavy atom. The van der Waals surface area contributed by atoms with Crippen molar-refractivity contribution in [1.82, 2.24) is 10.2 Å². The van der Waals surface area contributed by atoms with Gasteiger partial charge in [0, 0.05) is 25.2 Å². The van der Waals surface area contributed by atoms with E-state index in [-0.39, 0.29) is 30.3 Å². The average molecular weight is 368 g/mol. The van der Waals surface area contributed by atoms with Crippen LogP contribution in [0.5, 0.6) is 5.75 Å². The van der Waals surface area contributed by atoms with E-state index in [1.54, 1.807) is 17.0 Å². The van der Waals surface area contributed by atoms with Gasteiger partial charge in [-0.25, -0.2) is 4.79 Å². The number of nitrogens with one attached hydrogen (secondary N) is 1. The van der Waals surface area contributed by atoms with E-state index in [4.69, 9.17) is 4.74 Å². The van der Waals surface area contributed by atoms with Crippen molar-refractivity contribution < 1.29 is 19.4 Å². The second-order valence-electron chi connectivity index (χ2n) is 6.90. The second kappa shape index (κ2) is 8.58. The van der Waals surface area contributed by atoms with E-state index in [0.717, 1.165) is 12.0 Å². The fourth-order valence-corrected chi connectivity index (χ4v) is 3.04. The molecule has 0 radical (unpaired) electrons. The molecule has 3 rings (SSSR count). The molecule has 142 valence electrons. The van der Waals surface area contributed by atoms with E-state index in [1.165, 1.54) is 17.7 Å². The van der Waals surface area contributed by atoms with Gasteiger partial charge in [0.05, 0.1) is 0 Å². The zero-order valence-electron chi connectivity index (χ0n) is 15.4. The number of aromatic hydroxyl groups is 1. The molecule has 0 aliphatic carbocycles. The molecule has 2 aromatic carbocycles. The van der Waals surface area contributed by atoms with Crippen LogP contribution in [-0.2, 0) is 11.3 Å². The number of carbonyl (C=O) groups excluding carboxylic acids is 2. The number of ether oxygens (including phenoxy) is 1. The molecule has 27 heavy (non-hydrogen) atoms. The third-order valence-corrected chi connectivity index (χ3v) is 4.71. The Morgan fingerprint density at radius 2 is 1.85 bits per heavy atom. The van der Waals surface area contributed by atoms with Crippen molar-refractivity contribution in [2.24, 2.45) is 5.92 Å². The monoisotopic (exact) mass is 368 g/mol. The smallest absolute Gasteiger partial charge is 0.410 e. The summed E-state index contributed by atoms with van der Waals surface area (Å²) in [6.45, 7) is 3.98. The van der Waals surface area contributed by atoms with E-state index in [2.05, 4.69) is 5.32 Å². The van der Waals surface area contributed by atoms with E-state index in [9.17, 15) is 14.7 Å². The van der Waals surface area contributed by atoms with Crippen molar-refractivity contribution in [1.29, 1.82) is 0 Å². The molecule has 2 amide bonds. The maximum absolute atomic E-state index is 12.2. The molecular formula is C21H24N2O4. The number of amides is 2. The van der Waals surface area contributed by atoms with Gasteiger partial charge in [-0.05, 0) is 49.1 Å². The highest BCUT2D eigenvalue weighted by Crippen LogP contribution is 2.17. The number of hydrogen-bond acceptors (Lipinski definition) is 4. The maximum Gasteiger partial charge on any atom is 0.410 e. The van der Waals surface area contributed by atoms with Crippen molar-refractivity contribution in [2.75, 3.05) is 19.6 Å². The van der Waals surface area contributed by atoms with Gasteiger partial charge in [0.15, 0.2) is 0 Å². The van der Waals surface area contributed by atoms with Crippen LogP contribution in [0.2, 0.25) is 0 Å². The largest absolute Gasteiger partial charge is 0.508 e. The van der Waals surface area contributed by atoms with Crippen molar-refractivity contribution in [2.45, 2.75) is 20.0 Å². The van der Waals surface area contributed by atoms with Crippen LogP contribution in [0.4, 0.5) is 4.79 Å². The molecule has 0 aromatic heterocycles. The van der Waals surface area contributed by atoms with E-state index in [1.807, 2.05) is 31.2 Å². The Hall–Kier alpha value is -3.02. The molecular weight excluding hydrogens is 344 g/mol. The number of nitrogens with zero attached hydrogens (tertiary/aromatic N) is 1. The van der Waals surface area contributed by atoms with Crippen molar-refractivity contribution in [3.8, 4) is 5.75 Å². The van der Waals surface area contributed by atoms with Crippen LogP contribution in [0.3, 0.4) is 0 Å². The molecule has 1 unspecified atom stereocenters. The first-order chi connectivity index (χ1) is 13.0. The molecule has 6 nitrogen and oxygen atoms in total. The topological polar surface area (TPSA) is 78.9 Å². The van der Waals surface area contributed by atoms with Gasteiger partial charge < -0.3 is 20.1 Å². The molecule has 2 aromatic rings. The lowest BCUT2D eigenvalue weighted by Gasteiger charge is -2.17. The lowest BCUT2D eigenvalue weighted by molar-refractivity contribution is 0.0945. The second-order valence-corrected chi connectivity index (χ2v) is 6.90. The van der Waals surface area contributed by atoms with Gasteiger partial charge in [0.2, 0.25) is 0 Å². The van der Waals surface area contributed by atoms with E-state index in [0.29, 0.717) is 25.2 Å². The first kappa shape index (κ1) is 18.8. The van der Waals surface area contributed by atoms with Crippen LogP contribution in [-0.4, -0.2) is 41.6 Å². The molecule has 2 N–H and O–H groups in total. The SMILES string of the molecule is Cc1ccc(COC(=O)N2CCC(CNC(=O)c3ccc(O)cc3)C2)cc1. The van der Waals surface area contributed by atoms with Crippen LogP contribution in [0.15, 0.2) is 48.5 Å². The highest BCUT2D eigenvalue weighted by Gasteiger charge is 2.27. The molecule has 1 aliphatic rings. The quantitative estimate of drug-likeness (QED) is 0.850. The molecule has 0 spiro atoms. The van der Waals surface area contributed by atoms with Crippen LogP contribution in [0.1, 0.15) is 27.9 Å². The first-order valence-corrected chi connectivity index (χ1v) is 9.06. The van der Waals surface area contributed by atoms with Gasteiger partial charge in [-0.3, -0.25) is 4.79 Å². The number of rotatable bonds is 5. The summed E-state index contributed by atoms with van der Waals surface area (Å²) in [6.07, 6.45) is 0.512. The Labute approximate surface area is 158 Å². The first-order valence-electron chi connectivity index (χ1n) is 9.06. The van der Waals surface area contributed by atoms with E-state index < -0.39 is 0 Å². The summed E-state index contributed by atoms with van der Waals surface area (Å²) in [5.41, 5.74) is 2.63. The van der Waals surface area contributed by atoms with Gasteiger partial charge in [0.25, 0.3) is 5.91 Å². The minimum absolute atomic E-state index is 0.127. The third-order valence-electron chi connectivity index (χ3n) is 4.71. The Balaban J connectivity index is 1.41. The number of aryl methyl sites for hydroxylation is 1. The normalized spacial score (nSPS) is 16.2. The standard InChI is InChI=1S/C21H24N2O4/c1-15-2-4-16(5-3-15)14-27-21(26)23-11-10-17(13-23)12-22-20(25)18-6-8-19(24)9-7-18/h2-9,17,24H,10-14H2,1H3,(H,22,25). The van der Waals surface area contributed by atoms with Crippen molar-refractivity contribution in [3.63, 3.8) is 0 Å². The summed E-state index contributed by atoms with van der Waals surface area (Å²) in [4.78, 5) is 26.0. The highest BCUT2D eigenvalue weighted by molar-refractivity contribution is 5.94. The molecule has 1 atom stereocenters. The summed E-state index contributed by atoms with van der Waals surface area (Å²) in [5.74, 6) is 0.149. The molecule has 6 heteroatoms. The van der Waals surface area contributed by atoms with Gasteiger partial charge in [0.1, 0.15) is 12.4 Å². The lowest BCUT2D eigenvalue weighted by Crippen LogP contribution is -2.33. The maximum atomic E-state index is 12.2. The third kappa shape index (κ3) is 5.23. The van der Waals surface area contributed by atoms with Crippen LogP contribution >= 0.6 is 0 Å². The average Bonchev–Trinajstić information content (AvgIpc) is 3.15. The van der Waals surface area contributed by atoms with Gasteiger partial charge in [-0.2, -0.15) is 0 Å². The Bertz CT molecular complexity index is 787.